The number of aryl methyl sites for hydroxylation is 2. The Labute approximate surface area is 145 Å². The summed E-state index contributed by atoms with van der Waals surface area (Å²) < 4.78 is 5.10. The Bertz CT molecular complexity index is 1220. The minimum Gasteiger partial charge on any atom is -0.344 e. The van der Waals surface area contributed by atoms with E-state index in [0.717, 1.165) is 6.42 Å². The summed E-state index contributed by atoms with van der Waals surface area (Å²) in [6, 6.07) is 20.5. The Kier molecular flexibility index (Phi) is 2.98. The van der Waals surface area contributed by atoms with Gasteiger partial charge in [-0.05, 0) is 42.3 Å². The van der Waals surface area contributed by atoms with Gasteiger partial charge in [0.2, 0.25) is 0 Å². The van der Waals surface area contributed by atoms with Crippen LogP contribution in [0.1, 0.15) is 18.9 Å². The van der Waals surface area contributed by atoms with Gasteiger partial charge in [-0.25, -0.2) is 0 Å². The number of rotatable bonds is 2. The third-order valence-corrected chi connectivity index (χ3v) is 6.24. The number of hydrogen-bond donors (Lipinski definition) is 0. The summed E-state index contributed by atoms with van der Waals surface area (Å²) in [4.78, 5) is 0. The number of benzene rings is 3. The Morgan fingerprint density at radius 3 is 2.50 bits per heavy atom. The molecule has 0 fully saturated rings. The van der Waals surface area contributed by atoms with Crippen LogP contribution in [0.2, 0.25) is 0 Å². The molecule has 0 spiro atoms. The lowest BCUT2D eigenvalue weighted by Crippen LogP contribution is -1.85. The van der Waals surface area contributed by atoms with E-state index in [-0.39, 0.29) is 0 Å². The van der Waals surface area contributed by atoms with E-state index in [0.29, 0.717) is 0 Å². The van der Waals surface area contributed by atoms with Crippen molar-refractivity contribution >= 4 is 53.3 Å². The zero-order valence-electron chi connectivity index (χ0n) is 14.0. The largest absolute Gasteiger partial charge is 0.344 e. The summed E-state index contributed by atoms with van der Waals surface area (Å²) >= 11 is 1.91. The molecule has 1 nitrogen and oxygen atoms in total. The zero-order chi connectivity index (χ0) is 16.3. The SMILES string of the molecule is CCCc1ccc2sc3cc4c(cc3c2c1)c1ccccc1n4C. The van der Waals surface area contributed by atoms with E-state index in [2.05, 4.69) is 73.1 Å². The molecule has 0 aliphatic carbocycles. The number of fused-ring (bicyclic) bond motifs is 6. The number of para-hydroxylation sites is 1. The van der Waals surface area contributed by atoms with Gasteiger partial charge in [-0.1, -0.05) is 37.6 Å². The van der Waals surface area contributed by atoms with Crippen molar-refractivity contribution in [3.63, 3.8) is 0 Å². The van der Waals surface area contributed by atoms with Crippen LogP contribution >= 0.6 is 11.3 Å². The van der Waals surface area contributed by atoms with Crippen LogP contribution < -0.4 is 0 Å². The average Bonchev–Trinajstić information content (AvgIpc) is 3.10. The van der Waals surface area contributed by atoms with E-state index >= 15 is 0 Å². The quantitative estimate of drug-likeness (QED) is 0.341. The highest BCUT2D eigenvalue weighted by molar-refractivity contribution is 7.25. The molecular formula is C22H19NS. The summed E-state index contributed by atoms with van der Waals surface area (Å²) in [6.07, 6.45) is 2.35. The molecule has 2 aromatic heterocycles. The topological polar surface area (TPSA) is 4.93 Å². The first kappa shape index (κ1) is 14.1. The normalized spacial score (nSPS) is 12.1. The van der Waals surface area contributed by atoms with Crippen LogP contribution in [-0.4, -0.2) is 4.57 Å². The maximum atomic E-state index is 2.40. The highest BCUT2D eigenvalue weighted by Crippen LogP contribution is 2.39. The van der Waals surface area contributed by atoms with Gasteiger partial charge in [-0.3, -0.25) is 0 Å². The van der Waals surface area contributed by atoms with Crippen molar-refractivity contribution in [1.82, 2.24) is 4.57 Å². The van der Waals surface area contributed by atoms with Gasteiger partial charge in [0.15, 0.2) is 0 Å². The molecule has 0 saturated carbocycles. The second-order valence-corrected chi connectivity index (χ2v) is 7.71. The van der Waals surface area contributed by atoms with E-state index in [1.165, 1.54) is 54.0 Å². The second-order valence-electron chi connectivity index (χ2n) is 6.62. The van der Waals surface area contributed by atoms with E-state index in [1.54, 1.807) is 0 Å². The molecule has 0 amide bonds. The summed E-state index contributed by atoms with van der Waals surface area (Å²) in [7, 11) is 2.17. The van der Waals surface area contributed by atoms with E-state index in [4.69, 9.17) is 0 Å². The van der Waals surface area contributed by atoms with Gasteiger partial charge >= 0.3 is 0 Å². The van der Waals surface area contributed by atoms with Crippen LogP contribution in [0.3, 0.4) is 0 Å². The fraction of sp³-hybridized carbons (Fsp3) is 0.182. The Balaban J connectivity index is 1.92. The second kappa shape index (κ2) is 5.09. The van der Waals surface area contributed by atoms with Crippen molar-refractivity contribution in [3.05, 3.63) is 60.2 Å². The fourth-order valence-corrected chi connectivity index (χ4v) is 5.02. The molecule has 0 N–H and O–H groups in total. The number of aromatic nitrogens is 1. The van der Waals surface area contributed by atoms with E-state index in [1.807, 2.05) is 11.3 Å². The molecule has 0 radical (unpaired) electrons. The molecule has 5 aromatic rings. The van der Waals surface area contributed by atoms with Crippen LogP contribution in [-0.2, 0) is 13.5 Å². The molecule has 3 aromatic carbocycles. The van der Waals surface area contributed by atoms with E-state index < -0.39 is 0 Å². The summed E-state index contributed by atoms with van der Waals surface area (Å²) in [5.74, 6) is 0. The van der Waals surface area contributed by atoms with Crippen LogP contribution in [0.15, 0.2) is 54.6 Å². The summed E-state index contributed by atoms with van der Waals surface area (Å²) in [5, 5.41) is 5.52. The minimum atomic E-state index is 1.16. The lowest BCUT2D eigenvalue weighted by Gasteiger charge is -2.00. The fourth-order valence-electron chi connectivity index (χ4n) is 3.92. The molecule has 0 atom stereocenters. The molecule has 0 aliphatic rings. The Morgan fingerprint density at radius 1 is 0.792 bits per heavy atom. The predicted molar refractivity (Wildman–Crippen MR) is 107 cm³/mol. The average molecular weight is 329 g/mol. The lowest BCUT2D eigenvalue weighted by atomic mass is 10.0. The Hall–Kier alpha value is -2.32. The molecule has 0 saturated heterocycles. The summed E-state index contributed by atoms with van der Waals surface area (Å²) in [6.45, 7) is 2.25. The first-order chi connectivity index (χ1) is 11.8. The molecule has 2 heteroatoms. The first-order valence-electron chi connectivity index (χ1n) is 8.58. The molecular weight excluding hydrogens is 310 g/mol. The lowest BCUT2D eigenvalue weighted by molar-refractivity contribution is 0.924. The standard InChI is InChI=1S/C22H19NS/c1-3-6-14-9-10-21-17(11-14)18-12-16-15-7-4-5-8-19(15)23(2)20(16)13-22(18)24-21/h4-5,7-13H,3,6H2,1-2H3. The van der Waals surface area contributed by atoms with Crippen molar-refractivity contribution in [1.29, 1.82) is 0 Å². The third kappa shape index (κ3) is 1.87. The van der Waals surface area contributed by atoms with E-state index in [9.17, 15) is 0 Å². The highest BCUT2D eigenvalue weighted by Gasteiger charge is 2.12. The first-order valence-corrected chi connectivity index (χ1v) is 9.40. The molecule has 2 heterocycles. The van der Waals surface area contributed by atoms with Crippen LogP contribution in [0.5, 0.6) is 0 Å². The maximum absolute atomic E-state index is 2.40. The van der Waals surface area contributed by atoms with Gasteiger partial charge in [-0.15, -0.1) is 11.3 Å². The van der Waals surface area contributed by atoms with Gasteiger partial charge in [0.25, 0.3) is 0 Å². The predicted octanol–water partition coefficient (Wildman–Crippen LogP) is 6.65. The van der Waals surface area contributed by atoms with Crippen molar-refractivity contribution in [2.24, 2.45) is 7.05 Å². The van der Waals surface area contributed by atoms with Crippen LogP contribution in [0.25, 0.3) is 42.0 Å². The number of hydrogen-bond acceptors (Lipinski definition) is 1. The molecule has 0 unspecified atom stereocenters. The number of thiophene rings is 1. The zero-order valence-corrected chi connectivity index (χ0v) is 14.8. The van der Waals surface area contributed by atoms with Crippen LogP contribution in [0.4, 0.5) is 0 Å². The maximum Gasteiger partial charge on any atom is 0.0503 e. The van der Waals surface area contributed by atoms with Crippen molar-refractivity contribution < 1.29 is 0 Å². The molecule has 0 aliphatic heterocycles. The Morgan fingerprint density at radius 2 is 1.62 bits per heavy atom. The van der Waals surface area contributed by atoms with Crippen molar-refractivity contribution in [2.45, 2.75) is 19.8 Å². The van der Waals surface area contributed by atoms with Gasteiger partial charge < -0.3 is 4.57 Å². The van der Waals surface area contributed by atoms with Gasteiger partial charge in [0, 0.05) is 43.5 Å². The highest BCUT2D eigenvalue weighted by atomic mass is 32.1. The minimum absolute atomic E-state index is 1.16. The van der Waals surface area contributed by atoms with Gasteiger partial charge in [-0.2, -0.15) is 0 Å². The molecule has 118 valence electrons. The number of nitrogens with zero attached hydrogens (tertiary/aromatic N) is 1. The van der Waals surface area contributed by atoms with Gasteiger partial charge in [0.05, 0.1) is 5.52 Å². The smallest absolute Gasteiger partial charge is 0.0503 e. The van der Waals surface area contributed by atoms with Crippen molar-refractivity contribution in [3.8, 4) is 0 Å². The van der Waals surface area contributed by atoms with Crippen molar-refractivity contribution in [2.75, 3.05) is 0 Å². The summed E-state index contributed by atoms with van der Waals surface area (Å²) in [5.41, 5.74) is 4.08. The monoisotopic (exact) mass is 329 g/mol. The van der Waals surface area contributed by atoms with Crippen LogP contribution in [0, 0.1) is 0 Å². The molecule has 0 bridgehead atoms. The molecule has 5 rings (SSSR count). The third-order valence-electron chi connectivity index (χ3n) is 5.11. The van der Waals surface area contributed by atoms with Gasteiger partial charge in [0.1, 0.15) is 0 Å². The molecule has 24 heavy (non-hydrogen) atoms.